The number of nitrogens with one attached hydrogen (secondary N) is 1. The van der Waals surface area contributed by atoms with Crippen LogP contribution in [0.1, 0.15) is 52.6 Å². The highest BCUT2D eigenvalue weighted by Gasteiger charge is 2.37. The predicted molar refractivity (Wildman–Crippen MR) is 107 cm³/mol. The minimum Gasteiger partial charge on any atom is -0.502 e. The van der Waals surface area contributed by atoms with E-state index in [1.54, 1.807) is 9.91 Å². The summed E-state index contributed by atoms with van der Waals surface area (Å²) in [6, 6.07) is 0.867. The molecule has 1 fully saturated rings. The maximum atomic E-state index is 13.8. The van der Waals surface area contributed by atoms with Crippen LogP contribution in [0.2, 0.25) is 0 Å². The lowest BCUT2D eigenvalue weighted by molar-refractivity contribution is 0.0585. The van der Waals surface area contributed by atoms with Crippen molar-refractivity contribution in [2.45, 2.75) is 38.8 Å². The summed E-state index contributed by atoms with van der Waals surface area (Å²) < 4.78 is 42.0. The molecule has 2 aliphatic heterocycles. The summed E-state index contributed by atoms with van der Waals surface area (Å²) in [7, 11) is 0. The van der Waals surface area contributed by atoms with Gasteiger partial charge in [-0.1, -0.05) is 0 Å². The molecule has 1 saturated heterocycles. The van der Waals surface area contributed by atoms with Crippen LogP contribution in [0.4, 0.5) is 13.2 Å². The van der Waals surface area contributed by atoms with Gasteiger partial charge in [0.15, 0.2) is 11.4 Å². The van der Waals surface area contributed by atoms with Crippen LogP contribution in [0.5, 0.6) is 5.75 Å². The third-order valence-corrected chi connectivity index (χ3v) is 5.84. The van der Waals surface area contributed by atoms with Crippen LogP contribution < -0.4 is 15.8 Å². The third-order valence-electron chi connectivity index (χ3n) is 5.84. The number of halogens is 3. The van der Waals surface area contributed by atoms with Crippen molar-refractivity contribution in [2.75, 3.05) is 18.2 Å². The highest BCUT2D eigenvalue weighted by atomic mass is 19.1. The Morgan fingerprint density at radius 3 is 2.56 bits per heavy atom. The molecule has 2 aromatic rings. The highest BCUT2D eigenvalue weighted by Crippen LogP contribution is 2.26. The van der Waals surface area contributed by atoms with Crippen molar-refractivity contribution < 1.29 is 27.9 Å². The molecule has 2 bridgehead atoms. The lowest BCUT2D eigenvalue weighted by atomic mass is 10.1. The van der Waals surface area contributed by atoms with Crippen molar-refractivity contribution in [1.82, 2.24) is 14.9 Å². The van der Waals surface area contributed by atoms with E-state index < -0.39 is 58.1 Å². The monoisotopic (exact) mass is 450 g/mol. The number of carbonyl (C=O) groups is 2. The van der Waals surface area contributed by atoms with Crippen molar-refractivity contribution in [3.05, 3.63) is 62.8 Å². The Kier molecular flexibility index (Phi) is 5.57. The van der Waals surface area contributed by atoms with Crippen molar-refractivity contribution in [3.8, 4) is 5.75 Å². The van der Waals surface area contributed by atoms with E-state index in [1.165, 1.54) is 4.68 Å². The smallest absolute Gasteiger partial charge is 0.278 e. The molecule has 2 amide bonds. The van der Waals surface area contributed by atoms with Crippen molar-refractivity contribution in [2.24, 2.45) is 0 Å². The Bertz CT molecular complexity index is 1140. The Balaban J connectivity index is 1.68. The fourth-order valence-corrected chi connectivity index (χ4v) is 4.03. The first kappa shape index (κ1) is 21.7. The zero-order valence-corrected chi connectivity index (χ0v) is 17.2. The van der Waals surface area contributed by atoms with E-state index in [4.69, 9.17) is 0 Å². The van der Waals surface area contributed by atoms with Crippen LogP contribution in [0, 0.1) is 17.5 Å². The second-order valence-corrected chi connectivity index (χ2v) is 7.94. The van der Waals surface area contributed by atoms with Crippen LogP contribution in [0.15, 0.2) is 23.1 Å². The molecule has 0 radical (unpaired) electrons. The van der Waals surface area contributed by atoms with Crippen molar-refractivity contribution in [3.63, 3.8) is 0 Å². The molecule has 32 heavy (non-hydrogen) atoms. The molecule has 0 saturated carbocycles. The van der Waals surface area contributed by atoms with E-state index >= 15 is 0 Å². The van der Waals surface area contributed by atoms with Gasteiger partial charge in [0.25, 0.3) is 11.8 Å². The maximum Gasteiger partial charge on any atom is 0.278 e. The number of aromatic hydroxyl groups is 1. The predicted octanol–water partition coefficient (Wildman–Crippen LogP) is 1.82. The van der Waals surface area contributed by atoms with Crippen molar-refractivity contribution >= 4 is 11.8 Å². The molecular weight excluding hydrogens is 429 g/mol. The number of hydrogen-bond donors (Lipinski definition) is 2. The average Bonchev–Trinajstić information content (AvgIpc) is 2.71. The summed E-state index contributed by atoms with van der Waals surface area (Å²) in [5, 5.41) is 14.4. The molecule has 1 unspecified atom stereocenters. The van der Waals surface area contributed by atoms with Crippen LogP contribution in [0.25, 0.3) is 0 Å². The normalized spacial score (nSPS) is 18.1. The summed E-state index contributed by atoms with van der Waals surface area (Å²) in [4.78, 5) is 39.8. The van der Waals surface area contributed by atoms with Crippen LogP contribution in [-0.2, 0) is 6.54 Å². The number of pyridine rings is 1. The van der Waals surface area contributed by atoms with E-state index in [-0.39, 0.29) is 18.4 Å². The number of hydrogen-bond acceptors (Lipinski definition) is 5. The first-order chi connectivity index (χ1) is 15.2. The van der Waals surface area contributed by atoms with E-state index in [0.29, 0.717) is 18.7 Å². The van der Waals surface area contributed by atoms with E-state index in [1.807, 2.05) is 6.92 Å². The molecule has 2 aliphatic rings. The van der Waals surface area contributed by atoms with Gasteiger partial charge in [-0.05, 0) is 26.2 Å². The molecule has 0 aliphatic carbocycles. The summed E-state index contributed by atoms with van der Waals surface area (Å²) in [5.74, 6) is -5.87. The second-order valence-electron chi connectivity index (χ2n) is 7.94. The lowest BCUT2D eigenvalue weighted by Crippen LogP contribution is -2.58. The Labute approximate surface area is 180 Å². The number of benzene rings is 1. The molecule has 11 heteroatoms. The molecule has 4 rings (SSSR count). The summed E-state index contributed by atoms with van der Waals surface area (Å²) in [6.45, 7) is 2.00. The number of nitrogens with zero attached hydrogens (tertiary/aromatic N) is 3. The van der Waals surface area contributed by atoms with Gasteiger partial charge in [0.1, 0.15) is 29.7 Å². The molecular formula is C21H21F3N4O4. The summed E-state index contributed by atoms with van der Waals surface area (Å²) in [6.07, 6.45) is 3.63. The molecule has 2 N–H and O–H groups in total. The molecule has 1 atom stereocenters. The van der Waals surface area contributed by atoms with Gasteiger partial charge >= 0.3 is 0 Å². The topological polar surface area (TPSA) is 94.9 Å². The molecule has 8 nitrogen and oxygen atoms in total. The maximum absolute atomic E-state index is 13.8. The van der Waals surface area contributed by atoms with Gasteiger partial charge in [-0.2, -0.15) is 0 Å². The molecule has 170 valence electrons. The van der Waals surface area contributed by atoms with E-state index in [0.717, 1.165) is 25.5 Å². The largest absolute Gasteiger partial charge is 0.502 e. The van der Waals surface area contributed by atoms with Crippen LogP contribution in [-0.4, -0.2) is 45.8 Å². The van der Waals surface area contributed by atoms with E-state index in [9.17, 15) is 32.7 Å². The first-order valence-corrected chi connectivity index (χ1v) is 10.2. The Morgan fingerprint density at radius 2 is 1.88 bits per heavy atom. The quantitative estimate of drug-likeness (QED) is 0.744. The van der Waals surface area contributed by atoms with Crippen LogP contribution >= 0.6 is 0 Å². The minimum absolute atomic E-state index is 0.0861. The summed E-state index contributed by atoms with van der Waals surface area (Å²) >= 11 is 0. The lowest BCUT2D eigenvalue weighted by Gasteiger charge is -2.43. The molecule has 1 aromatic heterocycles. The fourth-order valence-electron chi connectivity index (χ4n) is 4.03. The highest BCUT2D eigenvalue weighted by molar-refractivity contribution is 5.99. The second kappa shape index (κ2) is 8.21. The van der Waals surface area contributed by atoms with Gasteiger partial charge < -0.3 is 15.3 Å². The summed E-state index contributed by atoms with van der Waals surface area (Å²) in [5.41, 5.74) is -2.38. The Morgan fingerprint density at radius 1 is 1.19 bits per heavy atom. The number of rotatable bonds is 3. The zero-order chi connectivity index (χ0) is 23.2. The van der Waals surface area contributed by atoms with Gasteiger partial charge in [-0.25, -0.2) is 13.2 Å². The SMILES string of the molecule is CC1CCCCN2CN1C(=O)c1c(O)c(=O)c(C(=O)NCc3c(F)cc(F)cc3F)cn12. The van der Waals surface area contributed by atoms with Gasteiger partial charge in [0, 0.05) is 43.0 Å². The number of amides is 2. The van der Waals surface area contributed by atoms with Crippen molar-refractivity contribution in [1.29, 1.82) is 0 Å². The van der Waals surface area contributed by atoms with Gasteiger partial charge in [-0.15, -0.1) is 0 Å². The van der Waals surface area contributed by atoms with Gasteiger partial charge in [0.2, 0.25) is 5.43 Å². The average molecular weight is 450 g/mol. The zero-order valence-electron chi connectivity index (χ0n) is 17.2. The Hall–Kier alpha value is -3.50. The minimum atomic E-state index is -1.19. The third kappa shape index (κ3) is 3.67. The van der Waals surface area contributed by atoms with Gasteiger partial charge in [-0.3, -0.25) is 24.1 Å². The number of aromatic nitrogens is 1. The van der Waals surface area contributed by atoms with E-state index in [2.05, 4.69) is 5.32 Å². The number of carbonyl (C=O) groups excluding carboxylic acids is 2. The molecule has 1 aromatic carbocycles. The molecule has 3 heterocycles. The van der Waals surface area contributed by atoms with Crippen LogP contribution in [0.3, 0.4) is 0 Å². The first-order valence-electron chi connectivity index (χ1n) is 10.2. The fraction of sp³-hybridized carbons (Fsp3) is 0.381. The molecule has 0 spiro atoms. The standard InChI is InChI=1S/C21H21F3N4O4/c1-11-4-2-3-5-26-10-27(11)21(32)17-19(30)18(29)14(9-28(17)26)20(31)25-8-13-15(23)6-12(22)7-16(13)24/h6-7,9,11,30H,2-5,8,10H2,1H3,(H,25,31). The van der Waals surface area contributed by atoms with Gasteiger partial charge in [0.05, 0.1) is 0 Å². The number of fused-ring (bicyclic) bond motifs is 4.